The summed E-state index contributed by atoms with van der Waals surface area (Å²) in [4.78, 5) is 41.8. The molecule has 0 saturated heterocycles. The van der Waals surface area contributed by atoms with E-state index in [1.807, 2.05) is 0 Å². The summed E-state index contributed by atoms with van der Waals surface area (Å²) in [5.74, 6) is -5.93. The van der Waals surface area contributed by atoms with Gasteiger partial charge in [-0.05, 0) is 0 Å². The van der Waals surface area contributed by atoms with Crippen LogP contribution in [0.3, 0.4) is 0 Å². The number of carbonyl (C=O) groups excluding carboxylic acids is 4. The van der Waals surface area contributed by atoms with Crippen LogP contribution in [-0.2, 0) is 19.2 Å². The van der Waals surface area contributed by atoms with Crippen LogP contribution < -0.4 is 89.3 Å². The molecule has 0 unspecified atom stereocenters. The summed E-state index contributed by atoms with van der Waals surface area (Å²) >= 11 is 0. The Balaban J connectivity index is -0.000000602. The van der Waals surface area contributed by atoms with Crippen molar-refractivity contribution in [1.82, 2.24) is 0 Å². The van der Waals surface area contributed by atoms with E-state index >= 15 is 0 Å². The fraction of sp³-hybridized carbons (Fsp3) is 0.600. The van der Waals surface area contributed by atoms with Gasteiger partial charge in [-0.1, -0.05) is 0 Å². The molecule has 13 heteroatoms. The Morgan fingerprint density at radius 3 is 0.870 bits per heavy atom. The number of aliphatic carboxylic acids is 4. The Kier molecular flexibility index (Phi) is 23.7. The van der Waals surface area contributed by atoms with Gasteiger partial charge >= 0.3 is 82.2 Å². The topological polar surface area (TPSA) is 169 Å². The Morgan fingerprint density at radius 2 is 0.739 bits per heavy atom. The van der Waals surface area contributed by atoms with E-state index in [-0.39, 0.29) is 105 Å². The Hall–Kier alpha value is 0.566. The molecule has 0 bridgehead atoms. The van der Waals surface area contributed by atoms with Crippen LogP contribution in [0.2, 0.25) is 0 Å². The molecule has 0 aliphatic heterocycles. The Bertz CT molecular complexity index is 331. The standard InChI is InChI=1S/C10H16N2O8.Mg.2Na/c13-7(14)3-11(4-8(15)16)1-2-12(5-9(17)18)6-10(19)20;;;/h1-6H2,(H,13,14)(H,15,16)(H,17,18)(H,19,20);;;/q;+2;2*+1/p-2. The zero-order valence-corrected chi connectivity index (χ0v) is 18.6. The van der Waals surface area contributed by atoms with Crippen molar-refractivity contribution in [2.24, 2.45) is 0 Å². The first kappa shape index (κ1) is 31.3. The Morgan fingerprint density at radius 1 is 0.565 bits per heavy atom. The molecule has 0 radical (unpaired) electrons. The number of nitrogens with one attached hydrogen (secondary N) is 2. The largest absolute Gasteiger partial charge is 2.00 e. The van der Waals surface area contributed by atoms with E-state index in [4.69, 9.17) is 0 Å². The molecule has 0 fully saturated rings. The van der Waals surface area contributed by atoms with Gasteiger partial charge in [0.1, 0.15) is 39.3 Å². The van der Waals surface area contributed by atoms with Crippen molar-refractivity contribution >= 4 is 46.9 Å². The SMILES string of the molecule is O=C([O-])C[NH+](CC[NH+](CC(=O)[O-])CC(=O)[O-])CC(=O)[O-].[Mg+2].[Na+].[Na+]. The summed E-state index contributed by atoms with van der Waals surface area (Å²) < 4.78 is 0. The zero-order valence-electron chi connectivity index (χ0n) is 13.2. The molecular weight excluding hydrogens is 346 g/mol. The first-order chi connectivity index (χ1) is 9.20. The van der Waals surface area contributed by atoms with Crippen LogP contribution in [0.5, 0.6) is 0 Å². The number of hydrogen-bond donors (Lipinski definition) is 2. The van der Waals surface area contributed by atoms with Crippen LogP contribution in [0.1, 0.15) is 0 Å². The van der Waals surface area contributed by atoms with Gasteiger partial charge in [-0.25, -0.2) is 0 Å². The van der Waals surface area contributed by atoms with Gasteiger partial charge in [-0.3, -0.25) is 0 Å². The minimum Gasteiger partial charge on any atom is -0.544 e. The van der Waals surface area contributed by atoms with Gasteiger partial charge in [0.15, 0.2) is 0 Å². The molecule has 0 aromatic rings. The third kappa shape index (κ3) is 20.5. The molecule has 114 valence electrons. The van der Waals surface area contributed by atoms with E-state index in [0.29, 0.717) is 0 Å². The van der Waals surface area contributed by atoms with Gasteiger partial charge in [0.25, 0.3) is 0 Å². The van der Waals surface area contributed by atoms with E-state index in [1.165, 1.54) is 0 Å². The van der Waals surface area contributed by atoms with Crippen LogP contribution in [0.25, 0.3) is 0 Å². The van der Waals surface area contributed by atoms with E-state index in [0.717, 1.165) is 0 Å². The number of carboxylic acid groups (broad SMARTS) is 4. The van der Waals surface area contributed by atoms with E-state index in [2.05, 4.69) is 0 Å². The van der Waals surface area contributed by atoms with Crippen LogP contribution in [0, 0.1) is 0 Å². The number of quaternary nitrogens is 2. The summed E-state index contributed by atoms with van der Waals surface area (Å²) in [6.07, 6.45) is 0. The number of carbonyl (C=O) groups is 4. The molecular formula is C10H14MgN2Na2O8+2. The third-order valence-corrected chi connectivity index (χ3v) is 2.41. The second-order valence-electron chi connectivity index (χ2n) is 4.20. The normalized spacial score (nSPS) is 9.30. The molecule has 10 nitrogen and oxygen atoms in total. The van der Waals surface area contributed by atoms with Crippen LogP contribution >= 0.6 is 0 Å². The zero-order chi connectivity index (χ0) is 15.7. The third-order valence-electron chi connectivity index (χ3n) is 2.41. The van der Waals surface area contributed by atoms with Gasteiger partial charge in [0.2, 0.25) is 0 Å². The minimum absolute atomic E-state index is 0. The summed E-state index contributed by atoms with van der Waals surface area (Å²) in [6, 6.07) is 0. The quantitative estimate of drug-likeness (QED) is 0.342. The van der Waals surface area contributed by atoms with Crippen molar-refractivity contribution in [1.29, 1.82) is 0 Å². The van der Waals surface area contributed by atoms with Crippen molar-refractivity contribution in [3.63, 3.8) is 0 Å². The van der Waals surface area contributed by atoms with E-state index in [1.54, 1.807) is 0 Å². The maximum Gasteiger partial charge on any atom is 2.00 e. The van der Waals surface area contributed by atoms with Crippen LogP contribution in [0.15, 0.2) is 0 Å². The molecule has 23 heavy (non-hydrogen) atoms. The van der Waals surface area contributed by atoms with Crippen LogP contribution in [-0.4, -0.2) is 86.2 Å². The van der Waals surface area contributed by atoms with Crippen molar-refractivity contribution in [3.8, 4) is 0 Å². The van der Waals surface area contributed by atoms with Gasteiger partial charge < -0.3 is 49.4 Å². The summed E-state index contributed by atoms with van der Waals surface area (Å²) in [7, 11) is 0. The number of carboxylic acids is 4. The van der Waals surface area contributed by atoms with Gasteiger partial charge in [0.05, 0.1) is 23.9 Å². The predicted molar refractivity (Wildman–Crippen MR) is 56.9 cm³/mol. The number of rotatable bonds is 11. The smallest absolute Gasteiger partial charge is 0.544 e. The number of hydrogen-bond acceptors (Lipinski definition) is 8. The van der Waals surface area contributed by atoms with Crippen molar-refractivity contribution in [2.45, 2.75) is 0 Å². The second-order valence-corrected chi connectivity index (χ2v) is 4.20. The molecule has 2 N–H and O–H groups in total. The summed E-state index contributed by atoms with van der Waals surface area (Å²) in [6.45, 7) is -2.62. The van der Waals surface area contributed by atoms with Gasteiger partial charge in [-0.15, -0.1) is 0 Å². The van der Waals surface area contributed by atoms with Gasteiger partial charge in [-0.2, -0.15) is 0 Å². The van der Waals surface area contributed by atoms with Crippen LogP contribution in [0.4, 0.5) is 0 Å². The van der Waals surface area contributed by atoms with Crippen molar-refractivity contribution in [2.75, 3.05) is 39.3 Å². The Labute approximate surface area is 192 Å². The molecule has 0 amide bonds. The molecule has 0 aliphatic rings. The van der Waals surface area contributed by atoms with Gasteiger partial charge in [0, 0.05) is 0 Å². The molecule has 0 aromatic carbocycles. The molecule has 0 spiro atoms. The minimum atomic E-state index is -1.48. The molecule has 0 saturated carbocycles. The molecule has 0 aliphatic carbocycles. The van der Waals surface area contributed by atoms with E-state index in [9.17, 15) is 39.6 Å². The second kappa shape index (κ2) is 17.4. The first-order valence-corrected chi connectivity index (χ1v) is 5.67. The van der Waals surface area contributed by atoms with Crippen molar-refractivity contribution in [3.05, 3.63) is 0 Å². The average molecular weight is 361 g/mol. The monoisotopic (exact) mass is 360 g/mol. The fourth-order valence-electron chi connectivity index (χ4n) is 1.65. The maximum absolute atomic E-state index is 10.4. The fourth-order valence-corrected chi connectivity index (χ4v) is 1.65. The van der Waals surface area contributed by atoms with Crippen molar-refractivity contribution < 1.29 is 109 Å². The summed E-state index contributed by atoms with van der Waals surface area (Å²) in [5.41, 5.74) is 0. The predicted octanol–water partition coefficient (Wildman–Crippen LogP) is -16.6. The molecule has 0 rings (SSSR count). The average Bonchev–Trinajstić information content (AvgIpc) is 2.22. The maximum atomic E-state index is 10.4. The molecule has 0 atom stereocenters. The molecule has 0 heterocycles. The first-order valence-electron chi connectivity index (χ1n) is 5.67. The van der Waals surface area contributed by atoms with E-state index < -0.39 is 50.1 Å². The summed E-state index contributed by atoms with van der Waals surface area (Å²) in [5, 5.41) is 41.7. The molecule has 0 aromatic heterocycles.